The molecule has 0 amide bonds. The highest BCUT2D eigenvalue weighted by Gasteiger charge is 2.60. The molecular formula is C26H42O3. The van der Waals surface area contributed by atoms with E-state index in [9.17, 15) is 9.59 Å². The SMILES string of the molecule is CC(=O)OC1CCC2(C)C(CCC3C2CCC2(C)C(C(C)CCC=O)CCC32)C1. The van der Waals surface area contributed by atoms with Crippen LogP contribution in [0.4, 0.5) is 0 Å². The van der Waals surface area contributed by atoms with Crippen molar-refractivity contribution in [1.82, 2.24) is 0 Å². The standard InChI is InChI=1S/C26H42O3/c1-17(6-5-15-27)22-9-10-23-21-8-7-19-16-20(29-18(2)28)11-13-25(19,3)24(21)12-14-26(22,23)4/h15,17,19-24H,5-14,16H2,1-4H3. The first kappa shape index (κ1) is 21.4. The predicted molar refractivity (Wildman–Crippen MR) is 115 cm³/mol. The molecule has 9 unspecified atom stereocenters. The van der Waals surface area contributed by atoms with Crippen LogP contribution in [0.15, 0.2) is 0 Å². The van der Waals surface area contributed by atoms with Crippen LogP contribution in [0.1, 0.15) is 98.3 Å². The molecule has 4 fully saturated rings. The number of hydrogen-bond donors (Lipinski definition) is 0. The highest BCUT2D eigenvalue weighted by Crippen LogP contribution is 2.68. The van der Waals surface area contributed by atoms with Gasteiger partial charge < -0.3 is 9.53 Å². The van der Waals surface area contributed by atoms with Gasteiger partial charge in [-0.05, 0) is 111 Å². The van der Waals surface area contributed by atoms with Crippen LogP contribution >= 0.6 is 0 Å². The summed E-state index contributed by atoms with van der Waals surface area (Å²) >= 11 is 0. The Morgan fingerprint density at radius 2 is 1.76 bits per heavy atom. The van der Waals surface area contributed by atoms with Crippen molar-refractivity contribution in [2.24, 2.45) is 46.3 Å². The normalized spacial score (nSPS) is 47.4. The molecule has 4 aliphatic carbocycles. The Bertz CT molecular complexity index is 629. The van der Waals surface area contributed by atoms with E-state index >= 15 is 0 Å². The zero-order valence-corrected chi connectivity index (χ0v) is 19.1. The number of carbonyl (C=O) groups is 2. The summed E-state index contributed by atoms with van der Waals surface area (Å²) in [5, 5.41) is 0. The first-order valence-electron chi connectivity index (χ1n) is 12.4. The van der Waals surface area contributed by atoms with Crippen LogP contribution in [0.3, 0.4) is 0 Å². The molecule has 0 bridgehead atoms. The second kappa shape index (κ2) is 8.00. The molecule has 0 aromatic carbocycles. The van der Waals surface area contributed by atoms with Crippen molar-refractivity contribution < 1.29 is 14.3 Å². The number of esters is 1. The Hall–Kier alpha value is -0.860. The van der Waals surface area contributed by atoms with Crippen molar-refractivity contribution in [2.45, 2.75) is 104 Å². The number of aldehydes is 1. The average Bonchev–Trinajstić information content (AvgIpc) is 3.03. The minimum Gasteiger partial charge on any atom is -0.463 e. The van der Waals surface area contributed by atoms with Gasteiger partial charge in [-0.1, -0.05) is 20.8 Å². The molecule has 0 spiro atoms. The maximum Gasteiger partial charge on any atom is 0.302 e. The van der Waals surface area contributed by atoms with Crippen molar-refractivity contribution in [3.63, 3.8) is 0 Å². The van der Waals surface area contributed by atoms with E-state index < -0.39 is 0 Å². The van der Waals surface area contributed by atoms with Crippen molar-refractivity contribution in [2.75, 3.05) is 0 Å². The third kappa shape index (κ3) is 3.59. The number of rotatable bonds is 5. The second-order valence-electron chi connectivity index (χ2n) is 11.6. The van der Waals surface area contributed by atoms with Gasteiger partial charge in [-0.25, -0.2) is 0 Å². The molecule has 0 aromatic rings. The fourth-order valence-electron chi connectivity index (χ4n) is 9.07. The highest BCUT2D eigenvalue weighted by atomic mass is 16.5. The number of hydrogen-bond acceptors (Lipinski definition) is 3. The van der Waals surface area contributed by atoms with E-state index in [1.54, 1.807) is 6.92 Å². The number of fused-ring (bicyclic) bond motifs is 5. The molecule has 0 aromatic heterocycles. The van der Waals surface area contributed by atoms with E-state index in [2.05, 4.69) is 20.8 Å². The quantitative estimate of drug-likeness (QED) is 0.406. The molecule has 4 saturated carbocycles. The van der Waals surface area contributed by atoms with Crippen molar-refractivity contribution in [3.8, 4) is 0 Å². The smallest absolute Gasteiger partial charge is 0.302 e. The van der Waals surface area contributed by atoms with Crippen molar-refractivity contribution in [3.05, 3.63) is 0 Å². The summed E-state index contributed by atoms with van der Waals surface area (Å²) in [5.41, 5.74) is 0.934. The Kier molecular flexibility index (Phi) is 5.90. The molecule has 3 heteroatoms. The van der Waals surface area contributed by atoms with Gasteiger partial charge in [-0.2, -0.15) is 0 Å². The van der Waals surface area contributed by atoms with Gasteiger partial charge in [0, 0.05) is 13.3 Å². The summed E-state index contributed by atoms with van der Waals surface area (Å²) < 4.78 is 5.62. The molecular weight excluding hydrogens is 360 g/mol. The monoisotopic (exact) mass is 402 g/mol. The van der Waals surface area contributed by atoms with Gasteiger partial charge in [-0.3, -0.25) is 4.79 Å². The van der Waals surface area contributed by atoms with Crippen LogP contribution in [-0.2, 0) is 14.3 Å². The lowest BCUT2D eigenvalue weighted by Gasteiger charge is -2.61. The molecule has 0 saturated heterocycles. The van der Waals surface area contributed by atoms with Crippen LogP contribution in [0.2, 0.25) is 0 Å². The van der Waals surface area contributed by atoms with Crippen LogP contribution < -0.4 is 0 Å². The van der Waals surface area contributed by atoms with Gasteiger partial charge in [-0.15, -0.1) is 0 Å². The summed E-state index contributed by atoms with van der Waals surface area (Å²) in [6, 6.07) is 0. The summed E-state index contributed by atoms with van der Waals surface area (Å²) in [5.74, 6) is 4.74. The lowest BCUT2D eigenvalue weighted by Crippen LogP contribution is -2.54. The van der Waals surface area contributed by atoms with Gasteiger partial charge >= 0.3 is 5.97 Å². The molecule has 0 aliphatic heterocycles. The Balaban J connectivity index is 1.48. The summed E-state index contributed by atoms with van der Waals surface area (Å²) in [6.07, 6.45) is 14.7. The van der Waals surface area contributed by atoms with Crippen molar-refractivity contribution in [1.29, 1.82) is 0 Å². The third-order valence-corrected chi connectivity index (χ3v) is 10.5. The zero-order chi connectivity index (χ0) is 20.8. The van der Waals surface area contributed by atoms with Crippen molar-refractivity contribution >= 4 is 12.3 Å². The summed E-state index contributed by atoms with van der Waals surface area (Å²) in [7, 11) is 0. The van der Waals surface area contributed by atoms with Gasteiger partial charge in [0.25, 0.3) is 0 Å². The summed E-state index contributed by atoms with van der Waals surface area (Å²) in [4.78, 5) is 22.3. The summed E-state index contributed by atoms with van der Waals surface area (Å²) in [6.45, 7) is 9.15. The maximum atomic E-state index is 11.5. The van der Waals surface area contributed by atoms with Crippen LogP contribution in [0.5, 0.6) is 0 Å². The molecule has 4 aliphatic rings. The topological polar surface area (TPSA) is 43.4 Å². The Morgan fingerprint density at radius 1 is 1.03 bits per heavy atom. The van der Waals surface area contributed by atoms with Gasteiger partial charge in [0.15, 0.2) is 0 Å². The maximum absolute atomic E-state index is 11.5. The molecule has 164 valence electrons. The first-order valence-corrected chi connectivity index (χ1v) is 12.4. The number of ether oxygens (including phenoxy) is 1. The number of carbonyl (C=O) groups excluding carboxylic acids is 2. The van der Waals surface area contributed by atoms with E-state index in [4.69, 9.17) is 4.74 Å². The van der Waals surface area contributed by atoms with Crippen LogP contribution in [0.25, 0.3) is 0 Å². The fraction of sp³-hybridized carbons (Fsp3) is 0.923. The van der Waals surface area contributed by atoms with Crippen LogP contribution in [-0.4, -0.2) is 18.4 Å². The van der Waals surface area contributed by atoms with Gasteiger partial charge in [0.05, 0.1) is 0 Å². The Labute approximate surface area is 177 Å². The van der Waals surface area contributed by atoms with E-state index in [1.807, 2.05) is 0 Å². The molecule has 3 nitrogen and oxygen atoms in total. The second-order valence-corrected chi connectivity index (χ2v) is 11.6. The predicted octanol–water partition coefficient (Wildman–Crippen LogP) is 6.19. The third-order valence-electron chi connectivity index (χ3n) is 10.5. The average molecular weight is 403 g/mol. The molecule has 29 heavy (non-hydrogen) atoms. The Morgan fingerprint density at radius 3 is 2.48 bits per heavy atom. The lowest BCUT2D eigenvalue weighted by atomic mass is 9.44. The minimum atomic E-state index is -0.110. The minimum absolute atomic E-state index is 0.110. The van der Waals surface area contributed by atoms with Gasteiger partial charge in [0.1, 0.15) is 12.4 Å². The first-order chi connectivity index (χ1) is 13.8. The van der Waals surface area contributed by atoms with E-state index in [1.165, 1.54) is 44.9 Å². The van der Waals surface area contributed by atoms with Gasteiger partial charge in [0.2, 0.25) is 0 Å². The molecule has 0 heterocycles. The van der Waals surface area contributed by atoms with E-state index in [0.29, 0.717) is 16.7 Å². The van der Waals surface area contributed by atoms with Crippen LogP contribution in [0, 0.1) is 46.3 Å². The zero-order valence-electron chi connectivity index (χ0n) is 19.1. The van der Waals surface area contributed by atoms with E-state index in [-0.39, 0.29) is 12.1 Å². The molecule has 0 N–H and O–H groups in total. The van der Waals surface area contributed by atoms with E-state index in [0.717, 1.165) is 61.6 Å². The largest absolute Gasteiger partial charge is 0.463 e. The molecule has 0 radical (unpaired) electrons. The molecule has 4 rings (SSSR count). The molecule has 9 atom stereocenters. The highest BCUT2D eigenvalue weighted by molar-refractivity contribution is 5.66. The lowest BCUT2D eigenvalue weighted by molar-refractivity contribution is -0.160. The fourth-order valence-corrected chi connectivity index (χ4v) is 9.07.